The van der Waals surface area contributed by atoms with Gasteiger partial charge in [0.15, 0.2) is 0 Å². The maximum Gasteiger partial charge on any atom is 0.416 e. The van der Waals surface area contributed by atoms with Gasteiger partial charge in [-0.15, -0.1) is 0 Å². The van der Waals surface area contributed by atoms with E-state index in [1.165, 1.54) is 32.4 Å². The highest BCUT2D eigenvalue weighted by Crippen LogP contribution is 2.41. The molecule has 0 spiro atoms. The number of piperidine rings is 2. The molecule has 3 heterocycles. The monoisotopic (exact) mass is 691 g/mol. The molecule has 3 aliphatic heterocycles. The van der Waals surface area contributed by atoms with Gasteiger partial charge in [0, 0.05) is 24.5 Å². The molecule has 1 atom stereocenters. The van der Waals surface area contributed by atoms with Crippen LogP contribution in [0.1, 0.15) is 80.0 Å². The summed E-state index contributed by atoms with van der Waals surface area (Å²) in [6.07, 6.45) is -1.49. The van der Waals surface area contributed by atoms with Gasteiger partial charge < -0.3 is 14.7 Å². The van der Waals surface area contributed by atoms with Crippen molar-refractivity contribution in [2.75, 3.05) is 45.8 Å². The van der Waals surface area contributed by atoms with Crippen molar-refractivity contribution in [2.24, 2.45) is 0 Å². The van der Waals surface area contributed by atoms with Crippen molar-refractivity contribution in [3.8, 4) is 0 Å². The highest BCUT2D eigenvalue weighted by atomic mass is 35.5. The molecule has 0 N–H and O–H groups in total. The Hall–Kier alpha value is -2.01. The van der Waals surface area contributed by atoms with E-state index in [9.17, 15) is 31.1 Å². The van der Waals surface area contributed by atoms with Crippen molar-refractivity contribution in [3.05, 3.63) is 68.7 Å². The zero-order valence-electron chi connectivity index (χ0n) is 25.8. The number of amides is 1. The zero-order valence-corrected chi connectivity index (χ0v) is 27.3. The molecule has 3 fully saturated rings. The number of nitrogens with zero attached hydrogens (tertiary/aromatic N) is 3. The number of carbonyl (C=O) groups excluding carboxylic acids is 1. The molecule has 5 rings (SSSR count). The highest BCUT2D eigenvalue weighted by Gasteiger charge is 2.40. The minimum atomic E-state index is -4.98. The van der Waals surface area contributed by atoms with Crippen molar-refractivity contribution in [1.82, 2.24) is 14.7 Å². The molecular formula is C34H41Cl2F6N3O. The van der Waals surface area contributed by atoms with E-state index in [2.05, 4.69) is 9.80 Å². The quantitative estimate of drug-likeness (QED) is 0.272. The molecule has 0 unspecified atom stereocenters. The van der Waals surface area contributed by atoms with Crippen molar-refractivity contribution >= 4 is 29.1 Å². The fourth-order valence-corrected chi connectivity index (χ4v) is 7.78. The fourth-order valence-electron chi connectivity index (χ4n) is 7.48. The van der Waals surface area contributed by atoms with Gasteiger partial charge >= 0.3 is 12.4 Å². The van der Waals surface area contributed by atoms with Crippen LogP contribution in [0.4, 0.5) is 26.3 Å². The van der Waals surface area contributed by atoms with E-state index < -0.39 is 41.2 Å². The first-order valence-corrected chi connectivity index (χ1v) is 17.0. The van der Waals surface area contributed by atoms with Gasteiger partial charge in [-0.05, 0) is 119 Å². The predicted octanol–water partition coefficient (Wildman–Crippen LogP) is 8.86. The molecule has 3 saturated heterocycles. The Labute approximate surface area is 277 Å². The van der Waals surface area contributed by atoms with Gasteiger partial charge in [-0.1, -0.05) is 42.1 Å². The summed E-state index contributed by atoms with van der Waals surface area (Å²) in [6.45, 7) is 5.78. The van der Waals surface area contributed by atoms with Crippen LogP contribution in [0, 0.1) is 0 Å². The Bertz CT molecular complexity index is 1320. The van der Waals surface area contributed by atoms with Crippen LogP contribution in [0.5, 0.6) is 0 Å². The molecule has 254 valence electrons. The predicted molar refractivity (Wildman–Crippen MR) is 168 cm³/mol. The minimum Gasteiger partial charge on any atom is -0.342 e. The number of likely N-dealkylation sites (tertiary alicyclic amines) is 3. The SMILES string of the molecule is O=C(Cc1cc(C(F)(F)F)cc(C(F)(F)F)c1)N1CCCC[C@@](CCN2CCC(N3CCCCC3)CC2)(c2ccc(Cl)c(Cl)c2)C1. The summed E-state index contributed by atoms with van der Waals surface area (Å²) in [4.78, 5) is 20.4. The molecule has 3 aliphatic rings. The molecule has 46 heavy (non-hydrogen) atoms. The van der Waals surface area contributed by atoms with Gasteiger partial charge in [0.25, 0.3) is 0 Å². The third kappa shape index (κ3) is 8.71. The lowest BCUT2D eigenvalue weighted by Gasteiger charge is -2.42. The molecule has 0 saturated carbocycles. The number of rotatable bonds is 7. The second-order valence-corrected chi connectivity index (χ2v) is 14.0. The van der Waals surface area contributed by atoms with E-state index in [1.54, 1.807) is 11.0 Å². The average Bonchev–Trinajstić information content (AvgIpc) is 3.25. The molecule has 2 aromatic rings. The molecule has 0 bridgehead atoms. The molecule has 1 amide bonds. The topological polar surface area (TPSA) is 26.8 Å². The average molecular weight is 693 g/mol. The smallest absolute Gasteiger partial charge is 0.342 e. The number of halogens is 8. The third-order valence-corrected chi connectivity index (χ3v) is 10.8. The maximum atomic E-state index is 13.7. The Balaban J connectivity index is 1.35. The summed E-state index contributed by atoms with van der Waals surface area (Å²) in [7, 11) is 0. The van der Waals surface area contributed by atoms with Crippen LogP contribution in [0.25, 0.3) is 0 Å². The second-order valence-electron chi connectivity index (χ2n) is 13.2. The highest BCUT2D eigenvalue weighted by molar-refractivity contribution is 6.42. The van der Waals surface area contributed by atoms with Crippen LogP contribution in [0.15, 0.2) is 36.4 Å². The van der Waals surface area contributed by atoms with E-state index >= 15 is 0 Å². The Morgan fingerprint density at radius 3 is 2.02 bits per heavy atom. The number of hydrogen-bond donors (Lipinski definition) is 0. The maximum absolute atomic E-state index is 13.7. The molecular weight excluding hydrogens is 651 g/mol. The van der Waals surface area contributed by atoms with Crippen LogP contribution in [-0.2, 0) is 29.0 Å². The van der Waals surface area contributed by atoms with Gasteiger partial charge in [-0.3, -0.25) is 4.79 Å². The standard InChI is InChI=1S/C34H41Cl2F6N3O/c35-29-7-6-25(22-30(29)36)32(11-17-43-15-8-28(9-16-43)44-12-3-1-4-13-44)10-2-5-14-45(23-32)31(46)20-24-18-26(33(37,38)39)21-27(19-24)34(40,41)42/h6-7,18-19,21-22,28H,1-5,8-17,20,23H2/t32-/m0/s1. The number of carbonyl (C=O) groups is 1. The number of benzene rings is 2. The lowest BCUT2D eigenvalue weighted by molar-refractivity contribution is -0.143. The summed E-state index contributed by atoms with van der Waals surface area (Å²) in [5.74, 6) is -0.499. The van der Waals surface area contributed by atoms with E-state index in [0.29, 0.717) is 47.7 Å². The van der Waals surface area contributed by atoms with Crippen LogP contribution in [0.2, 0.25) is 10.0 Å². The molecule has 12 heteroatoms. The normalized spacial score (nSPS) is 23.0. The van der Waals surface area contributed by atoms with E-state index in [0.717, 1.165) is 57.3 Å². The van der Waals surface area contributed by atoms with Gasteiger partial charge in [-0.25, -0.2) is 0 Å². The number of hydrogen-bond acceptors (Lipinski definition) is 3. The Kier molecular flexibility index (Phi) is 11.2. The van der Waals surface area contributed by atoms with E-state index in [1.807, 2.05) is 12.1 Å². The van der Waals surface area contributed by atoms with Gasteiger partial charge in [0.2, 0.25) is 5.91 Å². The van der Waals surface area contributed by atoms with Crippen LogP contribution >= 0.6 is 23.2 Å². The molecule has 4 nitrogen and oxygen atoms in total. The summed E-state index contributed by atoms with van der Waals surface area (Å²) >= 11 is 12.7. The van der Waals surface area contributed by atoms with Crippen LogP contribution in [0.3, 0.4) is 0 Å². The van der Waals surface area contributed by atoms with E-state index in [-0.39, 0.29) is 11.6 Å². The fraction of sp³-hybridized carbons (Fsp3) is 0.618. The van der Waals surface area contributed by atoms with Crippen LogP contribution in [-0.4, -0.2) is 72.5 Å². The number of alkyl halides is 6. The lowest BCUT2D eigenvalue weighted by atomic mass is 9.73. The summed E-state index contributed by atoms with van der Waals surface area (Å²) in [6, 6.07) is 7.49. The summed E-state index contributed by atoms with van der Waals surface area (Å²) in [5, 5.41) is 0.804. The molecule has 2 aromatic carbocycles. The van der Waals surface area contributed by atoms with Gasteiger partial charge in [0.1, 0.15) is 0 Å². The second kappa shape index (κ2) is 14.6. The largest absolute Gasteiger partial charge is 0.416 e. The molecule has 0 aliphatic carbocycles. The zero-order chi connectivity index (χ0) is 33.1. The Morgan fingerprint density at radius 1 is 0.783 bits per heavy atom. The lowest BCUT2D eigenvalue weighted by Crippen LogP contribution is -2.48. The van der Waals surface area contributed by atoms with Crippen molar-refractivity contribution in [3.63, 3.8) is 0 Å². The summed E-state index contributed by atoms with van der Waals surface area (Å²) in [5.41, 5.74) is -2.73. The Morgan fingerprint density at radius 2 is 1.41 bits per heavy atom. The molecule has 0 aromatic heterocycles. The van der Waals surface area contributed by atoms with Crippen molar-refractivity contribution in [1.29, 1.82) is 0 Å². The van der Waals surface area contributed by atoms with Crippen molar-refractivity contribution in [2.45, 2.75) is 88.0 Å². The minimum absolute atomic E-state index is 0.0878. The van der Waals surface area contributed by atoms with Crippen LogP contribution < -0.4 is 0 Å². The first-order chi connectivity index (χ1) is 21.7. The third-order valence-electron chi connectivity index (χ3n) is 10.1. The first kappa shape index (κ1) is 35.3. The summed E-state index contributed by atoms with van der Waals surface area (Å²) < 4.78 is 81.0. The molecule has 0 radical (unpaired) electrons. The van der Waals surface area contributed by atoms with Gasteiger partial charge in [-0.2, -0.15) is 26.3 Å². The van der Waals surface area contributed by atoms with E-state index in [4.69, 9.17) is 23.2 Å². The first-order valence-electron chi connectivity index (χ1n) is 16.2. The van der Waals surface area contributed by atoms with Crippen molar-refractivity contribution < 1.29 is 31.1 Å². The van der Waals surface area contributed by atoms with Gasteiger partial charge in [0.05, 0.1) is 27.6 Å².